The zero-order valence-electron chi connectivity index (χ0n) is 11.2. The second kappa shape index (κ2) is 7.09. The molecule has 4 nitrogen and oxygen atoms in total. The lowest BCUT2D eigenvalue weighted by Crippen LogP contribution is -2.49. The van der Waals surface area contributed by atoms with Crippen LogP contribution in [0.4, 0.5) is 0 Å². The number of nitrogens with one attached hydrogen (secondary N) is 1. The van der Waals surface area contributed by atoms with Crippen molar-refractivity contribution in [2.45, 2.75) is 12.5 Å². The molecule has 0 bridgehead atoms. The number of likely N-dealkylation sites (tertiary alicyclic amines) is 1. The van der Waals surface area contributed by atoms with E-state index in [-0.39, 0.29) is 18.3 Å². The third-order valence-electron chi connectivity index (χ3n) is 3.90. The van der Waals surface area contributed by atoms with Gasteiger partial charge in [0, 0.05) is 45.3 Å². The smallest absolute Gasteiger partial charge is 0.264 e. The fourth-order valence-corrected chi connectivity index (χ4v) is 3.87. The summed E-state index contributed by atoms with van der Waals surface area (Å²) < 4.78 is 0.682. The zero-order chi connectivity index (χ0) is 13.2. The lowest BCUT2D eigenvalue weighted by atomic mass is 10.2. The maximum absolute atomic E-state index is 12.3. The number of hydrogen-bond acceptors (Lipinski definition) is 4. The van der Waals surface area contributed by atoms with E-state index in [1.807, 2.05) is 11.0 Å². The molecule has 1 unspecified atom stereocenters. The molecule has 0 aliphatic carbocycles. The zero-order valence-corrected chi connectivity index (χ0v) is 13.6. The Bertz CT molecular complexity index is 462. The van der Waals surface area contributed by atoms with Crippen molar-refractivity contribution in [1.82, 2.24) is 15.1 Å². The molecule has 1 atom stereocenters. The number of carbonyl (C=O) groups excluding carboxylic acids is 1. The van der Waals surface area contributed by atoms with E-state index in [0.717, 1.165) is 50.6 Å². The number of carbonyl (C=O) groups is 1. The van der Waals surface area contributed by atoms with Crippen LogP contribution in [0.3, 0.4) is 0 Å². The Morgan fingerprint density at radius 1 is 1.30 bits per heavy atom. The van der Waals surface area contributed by atoms with Crippen molar-refractivity contribution in [2.24, 2.45) is 0 Å². The highest BCUT2D eigenvalue weighted by Gasteiger charge is 2.31. The van der Waals surface area contributed by atoms with Gasteiger partial charge in [0.2, 0.25) is 0 Å². The first-order valence-electron chi connectivity index (χ1n) is 6.73. The minimum Gasteiger partial charge on any atom is -0.336 e. The number of hydrogen-bond donors (Lipinski definition) is 1. The van der Waals surface area contributed by atoms with Gasteiger partial charge in [-0.1, -0.05) is 11.6 Å². The summed E-state index contributed by atoms with van der Waals surface area (Å²) >= 11 is 7.26. The molecule has 2 aliphatic rings. The van der Waals surface area contributed by atoms with Crippen molar-refractivity contribution in [2.75, 3.05) is 39.3 Å². The Hall–Kier alpha value is -0.330. The van der Waals surface area contributed by atoms with Crippen molar-refractivity contribution >= 4 is 41.3 Å². The number of halogens is 2. The van der Waals surface area contributed by atoms with E-state index >= 15 is 0 Å². The fourth-order valence-electron chi connectivity index (χ4n) is 2.86. The van der Waals surface area contributed by atoms with Crippen LogP contribution in [0, 0.1) is 0 Å². The highest BCUT2D eigenvalue weighted by atomic mass is 35.5. The topological polar surface area (TPSA) is 35.6 Å². The van der Waals surface area contributed by atoms with Crippen molar-refractivity contribution in [3.05, 3.63) is 21.3 Å². The minimum atomic E-state index is 0. The quantitative estimate of drug-likeness (QED) is 0.897. The lowest BCUT2D eigenvalue weighted by molar-refractivity contribution is 0.0778. The summed E-state index contributed by atoms with van der Waals surface area (Å²) in [5.41, 5.74) is 0. The van der Waals surface area contributed by atoms with E-state index in [9.17, 15) is 4.79 Å². The van der Waals surface area contributed by atoms with Crippen LogP contribution in [-0.2, 0) is 0 Å². The first-order valence-corrected chi connectivity index (χ1v) is 7.93. The third kappa shape index (κ3) is 3.46. The summed E-state index contributed by atoms with van der Waals surface area (Å²) in [7, 11) is 0. The lowest BCUT2D eigenvalue weighted by Gasteiger charge is -2.32. The Balaban J connectivity index is 0.00000147. The molecule has 1 amide bonds. The molecule has 3 heterocycles. The molecule has 2 fully saturated rings. The van der Waals surface area contributed by atoms with Crippen LogP contribution in [-0.4, -0.2) is 61.0 Å². The van der Waals surface area contributed by atoms with E-state index in [0.29, 0.717) is 10.4 Å². The Labute approximate surface area is 134 Å². The second-order valence-electron chi connectivity index (χ2n) is 5.08. The van der Waals surface area contributed by atoms with Gasteiger partial charge in [-0.3, -0.25) is 9.69 Å². The van der Waals surface area contributed by atoms with Crippen molar-refractivity contribution in [1.29, 1.82) is 0 Å². The van der Waals surface area contributed by atoms with Crippen molar-refractivity contribution in [3.63, 3.8) is 0 Å². The molecule has 1 N–H and O–H groups in total. The van der Waals surface area contributed by atoms with Crippen molar-refractivity contribution in [3.8, 4) is 0 Å². The summed E-state index contributed by atoms with van der Waals surface area (Å²) in [6.45, 7) is 6.03. The molecule has 7 heteroatoms. The van der Waals surface area contributed by atoms with Gasteiger partial charge in [-0.2, -0.15) is 0 Å². The standard InChI is InChI=1S/C13H18ClN3OS.ClH/c14-12-2-1-11(19-12)13(18)17-6-3-10(9-17)16-7-4-15-5-8-16;/h1-2,10,15H,3-9H2;1H. The Morgan fingerprint density at radius 3 is 2.70 bits per heavy atom. The molecule has 0 spiro atoms. The minimum absolute atomic E-state index is 0. The van der Waals surface area contributed by atoms with Crippen LogP contribution >= 0.6 is 35.3 Å². The van der Waals surface area contributed by atoms with Crippen LogP contribution in [0.5, 0.6) is 0 Å². The van der Waals surface area contributed by atoms with Gasteiger partial charge in [-0.15, -0.1) is 23.7 Å². The van der Waals surface area contributed by atoms with Gasteiger partial charge in [0.1, 0.15) is 0 Å². The molecular weight excluding hydrogens is 317 g/mol. The predicted molar refractivity (Wildman–Crippen MR) is 85.3 cm³/mol. The van der Waals surface area contributed by atoms with E-state index in [4.69, 9.17) is 11.6 Å². The highest BCUT2D eigenvalue weighted by Crippen LogP contribution is 2.25. The van der Waals surface area contributed by atoms with Gasteiger partial charge in [-0.05, 0) is 18.6 Å². The first kappa shape index (κ1) is 16.0. The van der Waals surface area contributed by atoms with E-state index in [1.165, 1.54) is 11.3 Å². The van der Waals surface area contributed by atoms with Gasteiger partial charge in [0.25, 0.3) is 5.91 Å². The van der Waals surface area contributed by atoms with Crippen LogP contribution in [0.2, 0.25) is 4.34 Å². The van der Waals surface area contributed by atoms with E-state index < -0.39 is 0 Å². The van der Waals surface area contributed by atoms with Gasteiger partial charge in [0.05, 0.1) is 9.21 Å². The molecule has 2 saturated heterocycles. The predicted octanol–water partition coefficient (Wildman–Crippen LogP) is 1.94. The molecule has 1 aromatic rings. The first-order chi connectivity index (χ1) is 9.24. The Morgan fingerprint density at radius 2 is 2.05 bits per heavy atom. The normalized spacial score (nSPS) is 23.6. The second-order valence-corrected chi connectivity index (χ2v) is 6.80. The summed E-state index contributed by atoms with van der Waals surface area (Å²) in [5.74, 6) is 0.134. The van der Waals surface area contributed by atoms with Gasteiger partial charge < -0.3 is 10.2 Å². The van der Waals surface area contributed by atoms with E-state index in [1.54, 1.807) is 6.07 Å². The molecule has 0 saturated carbocycles. The molecular formula is C13H19Cl2N3OS. The maximum atomic E-state index is 12.3. The molecule has 20 heavy (non-hydrogen) atoms. The maximum Gasteiger partial charge on any atom is 0.264 e. The summed E-state index contributed by atoms with van der Waals surface area (Å²) in [4.78, 5) is 17.6. The average Bonchev–Trinajstić information content (AvgIpc) is 3.08. The van der Waals surface area contributed by atoms with Crippen LogP contribution in [0.1, 0.15) is 16.1 Å². The summed E-state index contributed by atoms with van der Waals surface area (Å²) in [5, 5.41) is 3.37. The fraction of sp³-hybridized carbons (Fsp3) is 0.615. The van der Waals surface area contributed by atoms with Crippen LogP contribution in [0.25, 0.3) is 0 Å². The highest BCUT2D eigenvalue weighted by molar-refractivity contribution is 7.17. The average molecular weight is 336 g/mol. The number of rotatable bonds is 2. The largest absolute Gasteiger partial charge is 0.336 e. The van der Waals surface area contributed by atoms with Crippen LogP contribution in [0.15, 0.2) is 12.1 Å². The summed E-state index contributed by atoms with van der Waals surface area (Å²) in [6, 6.07) is 4.15. The van der Waals surface area contributed by atoms with Crippen LogP contribution < -0.4 is 5.32 Å². The monoisotopic (exact) mass is 335 g/mol. The summed E-state index contributed by atoms with van der Waals surface area (Å²) in [6.07, 6.45) is 1.09. The SMILES string of the molecule is Cl.O=C(c1ccc(Cl)s1)N1CCC(N2CCNCC2)C1. The molecule has 0 radical (unpaired) electrons. The van der Waals surface area contributed by atoms with Gasteiger partial charge in [0.15, 0.2) is 0 Å². The molecule has 2 aliphatic heterocycles. The van der Waals surface area contributed by atoms with Crippen molar-refractivity contribution < 1.29 is 4.79 Å². The Kier molecular flexibility index (Phi) is 5.69. The number of amides is 1. The molecule has 3 rings (SSSR count). The van der Waals surface area contributed by atoms with E-state index in [2.05, 4.69) is 10.2 Å². The number of thiophene rings is 1. The van der Waals surface area contributed by atoms with Gasteiger partial charge >= 0.3 is 0 Å². The third-order valence-corrected chi connectivity index (χ3v) is 5.12. The number of nitrogens with zero attached hydrogens (tertiary/aromatic N) is 2. The molecule has 0 aromatic carbocycles. The molecule has 1 aromatic heterocycles. The van der Waals surface area contributed by atoms with Gasteiger partial charge in [-0.25, -0.2) is 0 Å². The number of piperazine rings is 1. The molecule has 112 valence electrons.